The smallest absolute Gasteiger partial charge is 0.204 e. The summed E-state index contributed by atoms with van der Waals surface area (Å²) in [5.41, 5.74) is 4.35. The SMILES string of the molecule is CN(C)C(CCc1ccc2nc(-c3cccc(-c4nn[nH]n4)c3)sc2c1)Cn1ccnc1. The summed E-state index contributed by atoms with van der Waals surface area (Å²) < 4.78 is 3.35. The molecule has 5 rings (SSSR count). The Balaban J connectivity index is 1.33. The zero-order valence-corrected chi connectivity index (χ0v) is 18.8. The van der Waals surface area contributed by atoms with Gasteiger partial charge in [0.15, 0.2) is 0 Å². The third-order valence-corrected chi connectivity index (χ3v) is 6.71. The molecule has 0 amide bonds. The molecule has 8 nitrogen and oxygen atoms in total. The average molecular weight is 445 g/mol. The van der Waals surface area contributed by atoms with Crippen LogP contribution in [0.2, 0.25) is 0 Å². The summed E-state index contributed by atoms with van der Waals surface area (Å²) in [6, 6.07) is 15.2. The summed E-state index contributed by atoms with van der Waals surface area (Å²) in [5.74, 6) is 0.585. The third-order valence-electron chi connectivity index (χ3n) is 5.64. The number of thiazole rings is 1. The Labute approximate surface area is 190 Å². The Morgan fingerprint density at radius 1 is 1.12 bits per heavy atom. The van der Waals surface area contributed by atoms with Crippen molar-refractivity contribution < 1.29 is 0 Å². The molecule has 0 radical (unpaired) electrons. The number of benzene rings is 2. The maximum atomic E-state index is 4.86. The van der Waals surface area contributed by atoms with E-state index in [2.05, 4.69) is 79.5 Å². The molecule has 0 saturated heterocycles. The molecule has 1 N–H and O–H groups in total. The van der Waals surface area contributed by atoms with E-state index in [9.17, 15) is 0 Å². The number of hydrogen-bond donors (Lipinski definition) is 1. The Morgan fingerprint density at radius 2 is 2.03 bits per heavy atom. The summed E-state index contributed by atoms with van der Waals surface area (Å²) in [4.78, 5) is 11.3. The van der Waals surface area contributed by atoms with Crippen molar-refractivity contribution in [3.63, 3.8) is 0 Å². The van der Waals surface area contributed by atoms with Crippen LogP contribution in [0.1, 0.15) is 12.0 Å². The molecule has 0 aliphatic carbocycles. The van der Waals surface area contributed by atoms with Gasteiger partial charge >= 0.3 is 0 Å². The van der Waals surface area contributed by atoms with Crippen molar-refractivity contribution in [1.29, 1.82) is 0 Å². The zero-order valence-electron chi connectivity index (χ0n) is 18.0. The van der Waals surface area contributed by atoms with Gasteiger partial charge in [0.25, 0.3) is 0 Å². The lowest BCUT2D eigenvalue weighted by atomic mass is 10.0. The first-order valence-electron chi connectivity index (χ1n) is 10.5. The van der Waals surface area contributed by atoms with Gasteiger partial charge in [0, 0.05) is 36.1 Å². The molecule has 3 heterocycles. The molecule has 162 valence electrons. The molecule has 1 atom stereocenters. The summed E-state index contributed by atoms with van der Waals surface area (Å²) in [5, 5.41) is 15.3. The zero-order chi connectivity index (χ0) is 21.9. The minimum absolute atomic E-state index is 0.449. The monoisotopic (exact) mass is 444 g/mol. The predicted octanol–water partition coefficient (Wildman–Crippen LogP) is 3.90. The minimum atomic E-state index is 0.449. The standard InChI is InChI=1S/C23H24N8S/c1-30(2)19(14-31-11-10-24-15-31)8-6-16-7-9-20-21(12-16)32-23(25-20)18-5-3-4-17(13-18)22-26-28-29-27-22/h3-5,7,9-13,15,19H,6,8,14H2,1-2H3,(H,26,27,28,29). The number of tetrazole rings is 1. The molecule has 9 heteroatoms. The normalized spacial score (nSPS) is 12.6. The molecule has 5 aromatic rings. The van der Waals surface area contributed by atoms with Gasteiger partial charge in [-0.15, -0.1) is 21.5 Å². The van der Waals surface area contributed by atoms with Crippen LogP contribution < -0.4 is 0 Å². The fraction of sp³-hybridized carbons (Fsp3) is 0.261. The van der Waals surface area contributed by atoms with Crippen molar-refractivity contribution in [3.8, 4) is 22.0 Å². The highest BCUT2D eigenvalue weighted by Crippen LogP contribution is 2.32. The van der Waals surface area contributed by atoms with E-state index in [-0.39, 0.29) is 0 Å². The number of hydrogen-bond acceptors (Lipinski definition) is 7. The summed E-state index contributed by atoms with van der Waals surface area (Å²) >= 11 is 1.72. The molecular formula is C23H24N8S. The van der Waals surface area contributed by atoms with Gasteiger partial charge in [-0.3, -0.25) is 0 Å². The van der Waals surface area contributed by atoms with Gasteiger partial charge in [0.2, 0.25) is 5.82 Å². The van der Waals surface area contributed by atoms with E-state index in [1.807, 2.05) is 30.9 Å². The van der Waals surface area contributed by atoms with Crippen LogP contribution in [0, 0.1) is 0 Å². The van der Waals surface area contributed by atoms with E-state index in [0.29, 0.717) is 11.9 Å². The number of aromatic nitrogens is 7. The quantitative estimate of drug-likeness (QED) is 0.390. The van der Waals surface area contributed by atoms with Crippen molar-refractivity contribution in [2.75, 3.05) is 14.1 Å². The number of H-pyrrole nitrogens is 1. The van der Waals surface area contributed by atoms with E-state index in [1.54, 1.807) is 11.3 Å². The summed E-state index contributed by atoms with van der Waals surface area (Å²) in [6.07, 6.45) is 7.84. The van der Waals surface area contributed by atoms with Gasteiger partial charge in [-0.05, 0) is 55.9 Å². The molecule has 0 aliphatic rings. The van der Waals surface area contributed by atoms with E-state index < -0.39 is 0 Å². The highest BCUT2D eigenvalue weighted by Gasteiger charge is 2.14. The number of nitrogens with one attached hydrogen (secondary N) is 1. The Kier molecular flexibility index (Phi) is 5.74. The number of imidazole rings is 1. The van der Waals surface area contributed by atoms with Crippen molar-refractivity contribution in [2.24, 2.45) is 0 Å². The molecule has 2 aromatic carbocycles. The lowest BCUT2D eigenvalue weighted by Crippen LogP contribution is -2.32. The van der Waals surface area contributed by atoms with E-state index >= 15 is 0 Å². The second-order valence-corrected chi connectivity index (χ2v) is 9.08. The van der Waals surface area contributed by atoms with Gasteiger partial charge in [-0.25, -0.2) is 9.97 Å². The molecule has 0 saturated carbocycles. The lowest BCUT2D eigenvalue weighted by Gasteiger charge is -2.24. The molecule has 32 heavy (non-hydrogen) atoms. The topological polar surface area (TPSA) is 88.4 Å². The number of rotatable bonds is 8. The maximum Gasteiger partial charge on any atom is 0.204 e. The van der Waals surface area contributed by atoms with Crippen LogP contribution in [0.4, 0.5) is 0 Å². The highest BCUT2D eigenvalue weighted by molar-refractivity contribution is 7.21. The molecule has 0 aliphatic heterocycles. The predicted molar refractivity (Wildman–Crippen MR) is 126 cm³/mol. The summed E-state index contributed by atoms with van der Waals surface area (Å²) in [7, 11) is 4.28. The third kappa shape index (κ3) is 4.44. The van der Waals surface area contributed by atoms with Crippen LogP contribution in [0.25, 0.3) is 32.2 Å². The summed E-state index contributed by atoms with van der Waals surface area (Å²) in [6.45, 7) is 0.941. The van der Waals surface area contributed by atoms with E-state index in [0.717, 1.165) is 41.0 Å². The fourth-order valence-corrected chi connectivity index (χ4v) is 4.83. The Bertz CT molecular complexity index is 1290. The van der Waals surface area contributed by atoms with Gasteiger partial charge in [-0.2, -0.15) is 5.21 Å². The molecule has 0 spiro atoms. The van der Waals surface area contributed by atoms with Crippen LogP contribution in [-0.4, -0.2) is 60.2 Å². The number of fused-ring (bicyclic) bond motifs is 1. The van der Waals surface area contributed by atoms with Crippen molar-refractivity contribution in [2.45, 2.75) is 25.4 Å². The largest absolute Gasteiger partial charge is 0.336 e. The first-order chi connectivity index (χ1) is 15.7. The number of likely N-dealkylation sites (N-methyl/N-ethyl adjacent to an activating group) is 1. The van der Waals surface area contributed by atoms with Crippen molar-refractivity contribution in [3.05, 3.63) is 66.7 Å². The van der Waals surface area contributed by atoms with Crippen LogP contribution in [-0.2, 0) is 13.0 Å². The molecule has 1 unspecified atom stereocenters. The second-order valence-electron chi connectivity index (χ2n) is 8.05. The van der Waals surface area contributed by atoms with Crippen LogP contribution >= 0.6 is 11.3 Å². The van der Waals surface area contributed by atoms with Crippen LogP contribution in [0.3, 0.4) is 0 Å². The Hall–Kier alpha value is -3.43. The average Bonchev–Trinajstić information content (AvgIpc) is 3.58. The molecule has 0 bridgehead atoms. The first kappa shape index (κ1) is 20.5. The van der Waals surface area contributed by atoms with Gasteiger partial charge < -0.3 is 9.47 Å². The van der Waals surface area contributed by atoms with Crippen molar-refractivity contribution in [1.82, 2.24) is 40.1 Å². The second kappa shape index (κ2) is 8.97. The number of nitrogens with zero attached hydrogens (tertiary/aromatic N) is 7. The highest BCUT2D eigenvalue weighted by atomic mass is 32.1. The first-order valence-corrected chi connectivity index (χ1v) is 11.3. The molecule has 3 aromatic heterocycles. The van der Waals surface area contributed by atoms with Crippen LogP contribution in [0.5, 0.6) is 0 Å². The van der Waals surface area contributed by atoms with Gasteiger partial charge in [0.05, 0.1) is 16.5 Å². The van der Waals surface area contributed by atoms with Gasteiger partial charge in [0.1, 0.15) is 5.01 Å². The Morgan fingerprint density at radius 3 is 2.81 bits per heavy atom. The van der Waals surface area contributed by atoms with E-state index in [4.69, 9.17) is 4.98 Å². The maximum absolute atomic E-state index is 4.86. The molecule has 0 fully saturated rings. The van der Waals surface area contributed by atoms with E-state index in [1.165, 1.54) is 10.3 Å². The van der Waals surface area contributed by atoms with Gasteiger partial charge in [-0.1, -0.05) is 24.3 Å². The number of aromatic amines is 1. The lowest BCUT2D eigenvalue weighted by molar-refractivity contribution is 0.250. The molecular weight excluding hydrogens is 420 g/mol. The van der Waals surface area contributed by atoms with Crippen molar-refractivity contribution >= 4 is 21.6 Å². The fourth-order valence-electron chi connectivity index (χ4n) is 3.81. The minimum Gasteiger partial charge on any atom is -0.336 e. The number of aryl methyl sites for hydroxylation is 1. The van der Waals surface area contributed by atoms with Crippen LogP contribution in [0.15, 0.2) is 61.2 Å².